The highest BCUT2D eigenvalue weighted by atomic mass is 16.5. The molecule has 0 amide bonds. The Hall–Kier alpha value is -0.900. The lowest BCUT2D eigenvalue weighted by Crippen LogP contribution is -2.19. The molecule has 0 unspecified atom stereocenters. The molecule has 0 radical (unpaired) electrons. The molecular weight excluding hydrogens is 226 g/mol. The molecule has 1 rings (SSSR count). The van der Waals surface area contributed by atoms with E-state index in [1.807, 2.05) is 0 Å². The van der Waals surface area contributed by atoms with Gasteiger partial charge >= 0.3 is 0 Å². The molecule has 0 aliphatic heterocycles. The third-order valence-corrected chi connectivity index (χ3v) is 2.82. The van der Waals surface area contributed by atoms with Crippen molar-refractivity contribution in [2.45, 2.75) is 26.3 Å². The van der Waals surface area contributed by atoms with Gasteiger partial charge in [0.2, 0.25) is 0 Å². The molecule has 0 saturated heterocycles. The molecule has 0 spiro atoms. The fraction of sp³-hybridized carbons (Fsp3) is 0.600. The monoisotopic (exact) mass is 251 g/mol. The Morgan fingerprint density at radius 3 is 2.39 bits per heavy atom. The van der Waals surface area contributed by atoms with Gasteiger partial charge in [0.25, 0.3) is 0 Å². The second-order valence-electron chi connectivity index (χ2n) is 4.31. The molecule has 18 heavy (non-hydrogen) atoms. The molecule has 0 aliphatic rings. The molecule has 0 fully saturated rings. The van der Waals surface area contributed by atoms with Crippen molar-refractivity contribution >= 4 is 0 Å². The van der Waals surface area contributed by atoms with Gasteiger partial charge in [0.15, 0.2) is 0 Å². The minimum atomic E-state index is 0.761. The third-order valence-electron chi connectivity index (χ3n) is 2.82. The topological polar surface area (TPSA) is 30.5 Å². The van der Waals surface area contributed by atoms with Crippen LogP contribution < -0.4 is 5.32 Å². The number of hydrogen-bond donors (Lipinski definition) is 1. The Labute approximate surface area is 110 Å². The van der Waals surface area contributed by atoms with Gasteiger partial charge in [-0.1, -0.05) is 31.2 Å². The van der Waals surface area contributed by atoms with E-state index in [1.165, 1.54) is 11.1 Å². The average molecular weight is 251 g/mol. The van der Waals surface area contributed by atoms with E-state index >= 15 is 0 Å². The second-order valence-corrected chi connectivity index (χ2v) is 4.31. The lowest BCUT2D eigenvalue weighted by molar-refractivity contribution is 0.104. The highest BCUT2D eigenvalue weighted by Crippen LogP contribution is 2.04. The van der Waals surface area contributed by atoms with Crippen LogP contribution in [0.25, 0.3) is 0 Å². The normalized spacial score (nSPS) is 10.8. The first kappa shape index (κ1) is 15.2. The van der Waals surface area contributed by atoms with Crippen LogP contribution in [0.4, 0.5) is 0 Å². The molecule has 1 aromatic rings. The van der Waals surface area contributed by atoms with Crippen LogP contribution in [0.2, 0.25) is 0 Å². The third kappa shape index (κ3) is 6.74. The van der Waals surface area contributed by atoms with Crippen molar-refractivity contribution < 1.29 is 9.47 Å². The van der Waals surface area contributed by atoms with E-state index in [2.05, 4.69) is 36.5 Å². The minimum Gasteiger partial charge on any atom is -0.385 e. The van der Waals surface area contributed by atoms with Crippen molar-refractivity contribution in [1.82, 2.24) is 5.32 Å². The van der Waals surface area contributed by atoms with Crippen LogP contribution in [-0.4, -0.2) is 33.5 Å². The maximum atomic E-state index is 5.47. The molecule has 0 aliphatic carbocycles. The largest absolute Gasteiger partial charge is 0.385 e. The van der Waals surface area contributed by atoms with E-state index in [-0.39, 0.29) is 0 Å². The molecule has 1 N–H and O–H groups in total. The molecule has 3 heteroatoms. The molecule has 0 atom stereocenters. The van der Waals surface area contributed by atoms with Gasteiger partial charge in [-0.3, -0.25) is 0 Å². The lowest BCUT2D eigenvalue weighted by Gasteiger charge is -2.07. The SMILES string of the molecule is CCc1ccc(CNCCOCCCOC)cc1. The maximum absolute atomic E-state index is 5.47. The predicted octanol–water partition coefficient (Wildman–Crippen LogP) is 2.39. The number of aryl methyl sites for hydroxylation is 1. The molecule has 0 aromatic heterocycles. The molecule has 3 nitrogen and oxygen atoms in total. The summed E-state index contributed by atoms with van der Waals surface area (Å²) in [6.07, 6.45) is 2.07. The van der Waals surface area contributed by atoms with Crippen LogP contribution >= 0.6 is 0 Å². The zero-order valence-corrected chi connectivity index (χ0v) is 11.6. The van der Waals surface area contributed by atoms with E-state index < -0.39 is 0 Å². The van der Waals surface area contributed by atoms with Gasteiger partial charge in [-0.25, -0.2) is 0 Å². The molecule has 102 valence electrons. The molecule has 0 bridgehead atoms. The number of hydrogen-bond acceptors (Lipinski definition) is 3. The lowest BCUT2D eigenvalue weighted by atomic mass is 10.1. The first-order valence-corrected chi connectivity index (χ1v) is 6.72. The summed E-state index contributed by atoms with van der Waals surface area (Å²) in [6.45, 7) is 6.29. The summed E-state index contributed by atoms with van der Waals surface area (Å²) >= 11 is 0. The molecule has 0 saturated carbocycles. The summed E-state index contributed by atoms with van der Waals surface area (Å²) in [5, 5.41) is 3.37. The number of methoxy groups -OCH3 is 1. The van der Waals surface area contributed by atoms with Crippen molar-refractivity contribution in [1.29, 1.82) is 0 Å². The number of nitrogens with one attached hydrogen (secondary N) is 1. The van der Waals surface area contributed by atoms with Gasteiger partial charge in [-0.15, -0.1) is 0 Å². The van der Waals surface area contributed by atoms with Crippen LogP contribution in [0.3, 0.4) is 0 Å². The van der Waals surface area contributed by atoms with E-state index in [0.29, 0.717) is 0 Å². The summed E-state index contributed by atoms with van der Waals surface area (Å²) < 4.78 is 10.4. The number of ether oxygens (including phenoxy) is 2. The highest BCUT2D eigenvalue weighted by Gasteiger charge is 1.94. The Morgan fingerprint density at radius 2 is 1.72 bits per heavy atom. The molecular formula is C15H25NO2. The van der Waals surface area contributed by atoms with Crippen LogP contribution in [0.15, 0.2) is 24.3 Å². The van der Waals surface area contributed by atoms with Crippen LogP contribution in [0, 0.1) is 0 Å². The zero-order chi connectivity index (χ0) is 13.1. The van der Waals surface area contributed by atoms with Gasteiger partial charge < -0.3 is 14.8 Å². The fourth-order valence-electron chi connectivity index (χ4n) is 1.68. The van der Waals surface area contributed by atoms with Crippen molar-refractivity contribution in [3.63, 3.8) is 0 Å². The van der Waals surface area contributed by atoms with Gasteiger partial charge in [0.1, 0.15) is 0 Å². The Morgan fingerprint density at radius 1 is 1.00 bits per heavy atom. The van der Waals surface area contributed by atoms with Gasteiger partial charge in [0.05, 0.1) is 6.61 Å². The number of benzene rings is 1. The standard InChI is InChI=1S/C15H25NO2/c1-3-14-5-7-15(8-6-14)13-16-9-12-18-11-4-10-17-2/h5-8,16H,3-4,9-13H2,1-2H3. The smallest absolute Gasteiger partial charge is 0.0591 e. The van der Waals surface area contributed by atoms with Crippen molar-refractivity contribution in [2.75, 3.05) is 33.5 Å². The maximum Gasteiger partial charge on any atom is 0.0591 e. The molecule has 0 heterocycles. The summed E-state index contributed by atoms with van der Waals surface area (Å²) in [4.78, 5) is 0. The van der Waals surface area contributed by atoms with E-state index in [4.69, 9.17) is 9.47 Å². The van der Waals surface area contributed by atoms with Crippen molar-refractivity contribution in [3.05, 3.63) is 35.4 Å². The van der Waals surface area contributed by atoms with E-state index in [1.54, 1.807) is 7.11 Å². The van der Waals surface area contributed by atoms with Gasteiger partial charge in [-0.2, -0.15) is 0 Å². The van der Waals surface area contributed by atoms with E-state index in [0.717, 1.165) is 45.8 Å². The van der Waals surface area contributed by atoms with Crippen molar-refractivity contribution in [2.24, 2.45) is 0 Å². The Balaban J connectivity index is 2.00. The Bertz CT molecular complexity index is 298. The quantitative estimate of drug-likeness (QED) is 0.648. The van der Waals surface area contributed by atoms with Crippen LogP contribution in [-0.2, 0) is 22.4 Å². The first-order chi connectivity index (χ1) is 8.86. The average Bonchev–Trinajstić information content (AvgIpc) is 2.42. The summed E-state index contributed by atoms with van der Waals surface area (Å²) in [6, 6.07) is 8.76. The Kier molecular flexibility index (Phi) is 8.47. The summed E-state index contributed by atoms with van der Waals surface area (Å²) in [5.41, 5.74) is 2.71. The zero-order valence-electron chi connectivity index (χ0n) is 11.6. The minimum absolute atomic E-state index is 0.761. The van der Waals surface area contributed by atoms with Gasteiger partial charge in [0, 0.05) is 33.4 Å². The molecule has 1 aromatic carbocycles. The van der Waals surface area contributed by atoms with Crippen LogP contribution in [0.1, 0.15) is 24.5 Å². The predicted molar refractivity (Wildman–Crippen MR) is 74.8 cm³/mol. The fourth-order valence-corrected chi connectivity index (χ4v) is 1.68. The second kappa shape index (κ2) is 10.1. The van der Waals surface area contributed by atoms with E-state index in [9.17, 15) is 0 Å². The van der Waals surface area contributed by atoms with Gasteiger partial charge in [-0.05, 0) is 24.0 Å². The summed E-state index contributed by atoms with van der Waals surface area (Å²) in [7, 11) is 1.71. The number of rotatable bonds is 10. The summed E-state index contributed by atoms with van der Waals surface area (Å²) in [5.74, 6) is 0. The van der Waals surface area contributed by atoms with Crippen molar-refractivity contribution in [3.8, 4) is 0 Å². The highest BCUT2D eigenvalue weighted by molar-refractivity contribution is 5.22. The first-order valence-electron chi connectivity index (χ1n) is 6.72. The van der Waals surface area contributed by atoms with Crippen LogP contribution in [0.5, 0.6) is 0 Å².